The molecule has 2 saturated heterocycles. The van der Waals surface area contributed by atoms with Crippen LogP contribution in [0.25, 0.3) is 0 Å². The fourth-order valence-corrected chi connectivity index (χ4v) is 4.28. The number of nitrogens with zero attached hydrogens (tertiary/aromatic N) is 2. The molecule has 1 aromatic rings. The normalized spacial score (nSPS) is 21.1. The number of piperidine rings is 1. The van der Waals surface area contributed by atoms with Crippen molar-refractivity contribution in [2.24, 2.45) is 4.99 Å². The quantitative estimate of drug-likeness (QED) is 0.318. The highest BCUT2D eigenvalue weighted by atomic mass is 16.5. The molecule has 0 bridgehead atoms. The van der Waals surface area contributed by atoms with Crippen molar-refractivity contribution in [3.05, 3.63) is 29.8 Å². The topological polar surface area (TPSA) is 67.4 Å². The third-order valence-corrected chi connectivity index (χ3v) is 5.95. The van der Waals surface area contributed by atoms with Gasteiger partial charge in [-0.05, 0) is 51.8 Å². The number of methoxy groups -OCH3 is 1. The van der Waals surface area contributed by atoms with Gasteiger partial charge in [0.2, 0.25) is 0 Å². The summed E-state index contributed by atoms with van der Waals surface area (Å²) in [7, 11) is 1.75. The summed E-state index contributed by atoms with van der Waals surface area (Å²) in [5, 5.41) is 6.84. The van der Waals surface area contributed by atoms with Crippen LogP contribution in [-0.4, -0.2) is 76.6 Å². The van der Waals surface area contributed by atoms with Crippen LogP contribution in [0.2, 0.25) is 0 Å². The van der Waals surface area contributed by atoms with Crippen molar-refractivity contribution in [3.63, 3.8) is 0 Å². The van der Waals surface area contributed by atoms with Gasteiger partial charge in [-0.1, -0.05) is 24.6 Å². The highest BCUT2D eigenvalue weighted by Gasteiger charge is 2.24. The number of ether oxygens (including phenoxy) is 3. The molecule has 0 aromatic heterocycles. The van der Waals surface area contributed by atoms with Crippen molar-refractivity contribution in [1.82, 2.24) is 15.5 Å². The molecule has 1 aromatic carbocycles. The average molecular weight is 433 g/mol. The molecule has 2 fully saturated rings. The Kier molecular flexibility index (Phi) is 10.4. The molecule has 0 aliphatic carbocycles. The summed E-state index contributed by atoms with van der Waals surface area (Å²) in [6.45, 7) is 9.01. The number of guanidine groups is 1. The third-order valence-electron chi connectivity index (χ3n) is 5.95. The maximum absolute atomic E-state index is 5.86. The van der Waals surface area contributed by atoms with Crippen LogP contribution in [0.1, 0.15) is 50.6 Å². The Morgan fingerprint density at radius 1 is 1.23 bits per heavy atom. The lowest BCUT2D eigenvalue weighted by Gasteiger charge is -2.34. The van der Waals surface area contributed by atoms with Crippen molar-refractivity contribution in [1.29, 1.82) is 0 Å². The number of benzene rings is 1. The zero-order chi connectivity index (χ0) is 21.7. The van der Waals surface area contributed by atoms with Gasteiger partial charge in [0.05, 0.1) is 32.4 Å². The Labute approximate surface area is 187 Å². The van der Waals surface area contributed by atoms with Gasteiger partial charge in [-0.15, -0.1) is 0 Å². The lowest BCUT2D eigenvalue weighted by molar-refractivity contribution is 0.0420. The van der Waals surface area contributed by atoms with Gasteiger partial charge in [0, 0.05) is 31.9 Å². The SMILES string of the molecule is CCNC(=NCC(c1ccccc1OC)N1CCCCC1)NCCCOC1CCOC1. The molecule has 7 nitrogen and oxygen atoms in total. The smallest absolute Gasteiger partial charge is 0.191 e. The number of aliphatic imine (C=N–C) groups is 1. The minimum Gasteiger partial charge on any atom is -0.496 e. The van der Waals surface area contributed by atoms with Gasteiger partial charge >= 0.3 is 0 Å². The molecule has 0 radical (unpaired) electrons. The van der Waals surface area contributed by atoms with Crippen molar-refractivity contribution in [2.75, 3.05) is 59.7 Å². The molecule has 2 aliphatic heterocycles. The van der Waals surface area contributed by atoms with Crippen LogP contribution in [0.4, 0.5) is 0 Å². The van der Waals surface area contributed by atoms with Gasteiger partial charge in [-0.2, -0.15) is 0 Å². The van der Waals surface area contributed by atoms with Crippen LogP contribution in [-0.2, 0) is 9.47 Å². The third kappa shape index (κ3) is 7.66. The van der Waals surface area contributed by atoms with E-state index >= 15 is 0 Å². The first-order chi connectivity index (χ1) is 15.3. The minimum atomic E-state index is 0.220. The summed E-state index contributed by atoms with van der Waals surface area (Å²) in [5.41, 5.74) is 1.22. The van der Waals surface area contributed by atoms with Gasteiger partial charge in [0.25, 0.3) is 0 Å². The van der Waals surface area contributed by atoms with Crippen molar-refractivity contribution in [3.8, 4) is 5.75 Å². The Morgan fingerprint density at radius 3 is 2.81 bits per heavy atom. The predicted molar refractivity (Wildman–Crippen MR) is 125 cm³/mol. The molecule has 0 amide bonds. The van der Waals surface area contributed by atoms with E-state index in [4.69, 9.17) is 19.2 Å². The van der Waals surface area contributed by atoms with E-state index in [-0.39, 0.29) is 12.1 Å². The maximum atomic E-state index is 5.86. The molecule has 2 heterocycles. The van der Waals surface area contributed by atoms with E-state index in [1.54, 1.807) is 7.11 Å². The van der Waals surface area contributed by atoms with Crippen LogP contribution in [0, 0.1) is 0 Å². The predicted octanol–water partition coefficient (Wildman–Crippen LogP) is 2.97. The summed E-state index contributed by atoms with van der Waals surface area (Å²) < 4.78 is 16.9. The molecule has 2 aliphatic rings. The second kappa shape index (κ2) is 13.6. The van der Waals surface area contributed by atoms with E-state index in [0.29, 0.717) is 6.54 Å². The number of rotatable bonds is 11. The number of likely N-dealkylation sites (tertiary alicyclic amines) is 1. The minimum absolute atomic E-state index is 0.220. The Balaban J connectivity index is 1.58. The lowest BCUT2D eigenvalue weighted by atomic mass is 10.0. The molecular weight excluding hydrogens is 392 g/mol. The van der Waals surface area contributed by atoms with Gasteiger partial charge in [0.1, 0.15) is 5.75 Å². The zero-order valence-electron chi connectivity index (χ0n) is 19.3. The zero-order valence-corrected chi connectivity index (χ0v) is 19.3. The van der Waals surface area contributed by atoms with E-state index in [1.807, 2.05) is 6.07 Å². The Hall–Kier alpha value is -1.83. The van der Waals surface area contributed by atoms with Gasteiger partial charge in [-0.25, -0.2) is 0 Å². The molecular formula is C24H40N4O3. The van der Waals surface area contributed by atoms with Crippen LogP contribution in [0.3, 0.4) is 0 Å². The number of nitrogens with one attached hydrogen (secondary N) is 2. The summed E-state index contributed by atoms with van der Waals surface area (Å²) in [5.74, 6) is 1.81. The molecule has 2 atom stereocenters. The van der Waals surface area contributed by atoms with Gasteiger partial charge < -0.3 is 24.8 Å². The van der Waals surface area contributed by atoms with Crippen LogP contribution >= 0.6 is 0 Å². The fourth-order valence-electron chi connectivity index (χ4n) is 4.28. The number of hydrogen-bond acceptors (Lipinski definition) is 5. The molecule has 174 valence electrons. The maximum Gasteiger partial charge on any atom is 0.191 e. The van der Waals surface area contributed by atoms with E-state index in [1.165, 1.54) is 24.8 Å². The first-order valence-corrected chi connectivity index (χ1v) is 11.9. The summed E-state index contributed by atoms with van der Waals surface area (Å²) in [6.07, 6.45) is 6.05. The van der Waals surface area contributed by atoms with Gasteiger partial charge in [-0.3, -0.25) is 9.89 Å². The van der Waals surface area contributed by atoms with Crippen molar-refractivity contribution >= 4 is 5.96 Å². The molecule has 0 spiro atoms. The molecule has 2 unspecified atom stereocenters. The Bertz CT molecular complexity index is 658. The highest BCUT2D eigenvalue weighted by molar-refractivity contribution is 5.79. The monoisotopic (exact) mass is 432 g/mol. The van der Waals surface area contributed by atoms with Gasteiger partial charge in [0.15, 0.2) is 5.96 Å². The molecule has 31 heavy (non-hydrogen) atoms. The van der Waals surface area contributed by atoms with E-state index in [2.05, 4.69) is 40.7 Å². The highest BCUT2D eigenvalue weighted by Crippen LogP contribution is 2.31. The standard InChI is InChI=1S/C24H40N4O3/c1-3-25-24(26-13-9-16-31-20-12-17-30-19-20)27-18-22(28-14-7-4-8-15-28)21-10-5-6-11-23(21)29-2/h5-6,10-11,20,22H,3-4,7-9,12-19H2,1-2H3,(H2,25,26,27). The van der Waals surface area contributed by atoms with E-state index in [9.17, 15) is 0 Å². The van der Waals surface area contributed by atoms with E-state index < -0.39 is 0 Å². The first kappa shape index (κ1) is 23.8. The van der Waals surface area contributed by atoms with Crippen LogP contribution in [0.5, 0.6) is 5.75 Å². The molecule has 3 rings (SSSR count). The summed E-state index contributed by atoms with van der Waals surface area (Å²) in [6, 6.07) is 8.58. The van der Waals surface area contributed by atoms with Crippen LogP contribution in [0.15, 0.2) is 29.3 Å². The van der Waals surface area contributed by atoms with Crippen molar-refractivity contribution < 1.29 is 14.2 Å². The van der Waals surface area contributed by atoms with Crippen molar-refractivity contribution in [2.45, 2.75) is 51.2 Å². The first-order valence-electron chi connectivity index (χ1n) is 11.9. The number of para-hydroxylation sites is 1. The second-order valence-corrected chi connectivity index (χ2v) is 8.21. The second-order valence-electron chi connectivity index (χ2n) is 8.21. The Morgan fingerprint density at radius 2 is 2.06 bits per heavy atom. The largest absolute Gasteiger partial charge is 0.496 e. The molecule has 0 saturated carbocycles. The fraction of sp³-hybridized carbons (Fsp3) is 0.708. The lowest BCUT2D eigenvalue weighted by Crippen LogP contribution is -2.40. The van der Waals surface area contributed by atoms with Crippen LogP contribution < -0.4 is 15.4 Å². The summed E-state index contributed by atoms with van der Waals surface area (Å²) >= 11 is 0. The summed E-state index contributed by atoms with van der Waals surface area (Å²) in [4.78, 5) is 7.51. The van der Waals surface area contributed by atoms with E-state index in [0.717, 1.165) is 70.6 Å². The number of hydrogen-bond donors (Lipinski definition) is 2. The molecule has 7 heteroatoms. The average Bonchev–Trinajstić information content (AvgIpc) is 3.33. The molecule has 2 N–H and O–H groups in total.